The molecule has 0 aliphatic heterocycles. The summed E-state index contributed by atoms with van der Waals surface area (Å²) in [4.78, 5) is 0. The molecule has 0 heterocycles. The fraction of sp³-hybridized carbons (Fsp3) is 0.333. The first-order chi connectivity index (χ1) is 9.90. The van der Waals surface area contributed by atoms with E-state index in [1.54, 1.807) is 6.92 Å². The lowest BCUT2D eigenvalue weighted by Crippen LogP contribution is -2.29. The van der Waals surface area contributed by atoms with Gasteiger partial charge in [0.2, 0.25) is 0 Å². The van der Waals surface area contributed by atoms with Crippen molar-refractivity contribution in [2.45, 2.75) is 32.4 Å². The zero-order chi connectivity index (χ0) is 15.5. The minimum atomic E-state index is -1.02. The molecule has 1 unspecified atom stereocenters. The van der Waals surface area contributed by atoms with E-state index in [2.05, 4.69) is 0 Å². The van der Waals surface area contributed by atoms with Gasteiger partial charge < -0.3 is 15.6 Å². The average Bonchev–Trinajstić information content (AvgIpc) is 2.46. The van der Waals surface area contributed by atoms with Crippen LogP contribution in [0, 0.1) is 6.92 Å². The predicted octanol–water partition coefficient (Wildman–Crippen LogP) is 3.30. The highest BCUT2D eigenvalue weighted by Crippen LogP contribution is 2.25. The van der Waals surface area contributed by atoms with Crippen LogP contribution in [0.25, 0.3) is 0 Å². The molecule has 3 N–H and O–H groups in total. The quantitative estimate of drug-likeness (QED) is 0.886. The van der Waals surface area contributed by atoms with Gasteiger partial charge in [-0.2, -0.15) is 0 Å². The molecule has 0 aliphatic carbocycles. The minimum Gasteiger partial charge on any atom is -0.490 e. The molecule has 3 nitrogen and oxygen atoms in total. The van der Waals surface area contributed by atoms with Gasteiger partial charge in [0, 0.05) is 6.04 Å². The van der Waals surface area contributed by atoms with E-state index < -0.39 is 5.60 Å². The number of aryl methyl sites for hydroxylation is 1. The van der Waals surface area contributed by atoms with Gasteiger partial charge in [-0.3, -0.25) is 0 Å². The van der Waals surface area contributed by atoms with Crippen molar-refractivity contribution in [3.05, 3.63) is 65.2 Å². The monoisotopic (exact) mass is 285 g/mol. The van der Waals surface area contributed by atoms with Gasteiger partial charge in [-0.15, -0.1) is 0 Å². The van der Waals surface area contributed by atoms with Crippen LogP contribution in [0.15, 0.2) is 48.5 Å². The number of benzene rings is 2. The Morgan fingerprint density at radius 1 is 1.19 bits per heavy atom. The number of ether oxygens (including phenoxy) is 1. The van der Waals surface area contributed by atoms with Crippen LogP contribution in [0.4, 0.5) is 0 Å². The zero-order valence-corrected chi connectivity index (χ0v) is 12.8. The summed E-state index contributed by atoms with van der Waals surface area (Å²) in [5.41, 5.74) is 7.79. The van der Waals surface area contributed by atoms with Crippen LogP contribution in [0.5, 0.6) is 5.75 Å². The summed E-state index contributed by atoms with van der Waals surface area (Å²) in [6, 6.07) is 15.4. The Hall–Kier alpha value is -1.84. The van der Waals surface area contributed by atoms with Crippen molar-refractivity contribution in [3.63, 3.8) is 0 Å². The van der Waals surface area contributed by atoms with Gasteiger partial charge >= 0.3 is 0 Å². The highest BCUT2D eigenvalue weighted by Gasteiger charge is 2.24. The molecule has 2 rings (SSSR count). The predicted molar refractivity (Wildman–Crippen MR) is 85.3 cm³/mol. The molecule has 2 atom stereocenters. The molecule has 21 heavy (non-hydrogen) atoms. The second kappa shape index (κ2) is 6.29. The van der Waals surface area contributed by atoms with Crippen LogP contribution in [0.1, 0.15) is 36.6 Å². The standard InChI is InChI=1S/C18H23NO2/c1-13-11-15(14(2)19)9-10-17(13)21-12-18(3,20)16-7-5-4-6-8-16/h4-11,14,20H,12,19H2,1-3H3/t14-,18?/m1/s1. The molecule has 0 bridgehead atoms. The third kappa shape index (κ3) is 3.84. The van der Waals surface area contributed by atoms with Gasteiger partial charge in [0.15, 0.2) is 0 Å². The van der Waals surface area contributed by atoms with Gasteiger partial charge in [-0.1, -0.05) is 42.5 Å². The normalized spacial score (nSPS) is 15.3. The van der Waals surface area contributed by atoms with Crippen molar-refractivity contribution in [3.8, 4) is 5.75 Å². The molecule has 2 aromatic carbocycles. The lowest BCUT2D eigenvalue weighted by molar-refractivity contribution is 0.00739. The molecule has 0 aromatic heterocycles. The average molecular weight is 285 g/mol. The second-order valence-electron chi connectivity index (χ2n) is 5.74. The van der Waals surface area contributed by atoms with Gasteiger partial charge in [0.05, 0.1) is 0 Å². The van der Waals surface area contributed by atoms with E-state index in [0.29, 0.717) is 0 Å². The van der Waals surface area contributed by atoms with E-state index in [1.165, 1.54) is 0 Å². The van der Waals surface area contributed by atoms with E-state index in [-0.39, 0.29) is 12.6 Å². The molecule has 0 saturated heterocycles. The molecule has 0 saturated carbocycles. The van der Waals surface area contributed by atoms with Crippen molar-refractivity contribution in [2.75, 3.05) is 6.61 Å². The molecular weight excluding hydrogens is 262 g/mol. The van der Waals surface area contributed by atoms with Crippen LogP contribution < -0.4 is 10.5 Å². The van der Waals surface area contributed by atoms with Crippen molar-refractivity contribution in [2.24, 2.45) is 5.73 Å². The summed E-state index contributed by atoms with van der Waals surface area (Å²) in [5.74, 6) is 0.774. The molecule has 2 aromatic rings. The lowest BCUT2D eigenvalue weighted by Gasteiger charge is -2.24. The summed E-state index contributed by atoms with van der Waals surface area (Å²) in [6.07, 6.45) is 0. The maximum absolute atomic E-state index is 10.5. The maximum Gasteiger partial charge on any atom is 0.122 e. The Morgan fingerprint density at radius 2 is 1.86 bits per heavy atom. The summed E-state index contributed by atoms with van der Waals surface area (Å²) >= 11 is 0. The SMILES string of the molecule is Cc1cc([C@@H](C)N)ccc1OCC(C)(O)c1ccccc1. The summed E-state index contributed by atoms with van der Waals surface area (Å²) in [6.45, 7) is 5.90. The lowest BCUT2D eigenvalue weighted by atomic mass is 9.97. The number of nitrogens with two attached hydrogens (primary N) is 1. The third-order valence-corrected chi connectivity index (χ3v) is 3.63. The van der Waals surface area contributed by atoms with Gasteiger partial charge in [0.1, 0.15) is 18.0 Å². The Kier molecular flexibility index (Phi) is 4.66. The molecule has 3 heteroatoms. The minimum absolute atomic E-state index is 0.00479. The molecule has 112 valence electrons. The fourth-order valence-corrected chi connectivity index (χ4v) is 2.22. The number of rotatable bonds is 5. The Labute approximate surface area is 126 Å². The van der Waals surface area contributed by atoms with Crippen molar-refractivity contribution >= 4 is 0 Å². The first-order valence-corrected chi connectivity index (χ1v) is 7.17. The Balaban J connectivity index is 2.09. The molecule has 0 aliphatic rings. The highest BCUT2D eigenvalue weighted by molar-refractivity contribution is 5.37. The number of hydrogen-bond donors (Lipinski definition) is 2. The number of aliphatic hydroxyl groups is 1. The molecule has 0 spiro atoms. The van der Waals surface area contributed by atoms with Crippen LogP contribution in [0.2, 0.25) is 0 Å². The van der Waals surface area contributed by atoms with E-state index in [9.17, 15) is 5.11 Å². The van der Waals surface area contributed by atoms with E-state index in [0.717, 1.165) is 22.4 Å². The van der Waals surface area contributed by atoms with Crippen LogP contribution in [0.3, 0.4) is 0 Å². The first-order valence-electron chi connectivity index (χ1n) is 7.17. The molecular formula is C18H23NO2. The summed E-state index contributed by atoms with van der Waals surface area (Å²) < 4.78 is 5.80. The van der Waals surface area contributed by atoms with Crippen molar-refractivity contribution < 1.29 is 9.84 Å². The van der Waals surface area contributed by atoms with Crippen LogP contribution in [-0.2, 0) is 5.60 Å². The summed E-state index contributed by atoms with van der Waals surface area (Å²) in [7, 11) is 0. The topological polar surface area (TPSA) is 55.5 Å². The van der Waals surface area contributed by atoms with Crippen molar-refractivity contribution in [1.82, 2.24) is 0 Å². The van der Waals surface area contributed by atoms with E-state index in [1.807, 2.05) is 62.4 Å². The first kappa shape index (κ1) is 15.5. The Morgan fingerprint density at radius 3 is 2.43 bits per heavy atom. The zero-order valence-electron chi connectivity index (χ0n) is 12.8. The van der Waals surface area contributed by atoms with Gasteiger partial charge in [-0.25, -0.2) is 0 Å². The maximum atomic E-state index is 10.5. The van der Waals surface area contributed by atoms with Crippen molar-refractivity contribution in [1.29, 1.82) is 0 Å². The second-order valence-corrected chi connectivity index (χ2v) is 5.74. The third-order valence-electron chi connectivity index (χ3n) is 3.63. The molecule has 0 radical (unpaired) electrons. The molecule has 0 fully saturated rings. The number of hydrogen-bond acceptors (Lipinski definition) is 3. The van der Waals surface area contributed by atoms with Crippen LogP contribution >= 0.6 is 0 Å². The fourth-order valence-electron chi connectivity index (χ4n) is 2.22. The Bertz CT molecular complexity index is 591. The van der Waals surface area contributed by atoms with Gasteiger partial charge in [-0.05, 0) is 43.5 Å². The largest absolute Gasteiger partial charge is 0.490 e. The smallest absolute Gasteiger partial charge is 0.122 e. The van der Waals surface area contributed by atoms with Crippen LogP contribution in [-0.4, -0.2) is 11.7 Å². The van der Waals surface area contributed by atoms with E-state index >= 15 is 0 Å². The molecule has 0 amide bonds. The summed E-state index contributed by atoms with van der Waals surface area (Å²) in [5, 5.41) is 10.5. The van der Waals surface area contributed by atoms with E-state index in [4.69, 9.17) is 10.5 Å². The van der Waals surface area contributed by atoms with Gasteiger partial charge in [0.25, 0.3) is 0 Å². The highest BCUT2D eigenvalue weighted by atomic mass is 16.5.